The van der Waals surface area contributed by atoms with Crippen LogP contribution in [0.15, 0.2) is 30.6 Å². The number of hydrogen-bond acceptors (Lipinski definition) is 3. The smallest absolute Gasteiger partial charge is 0.215 e. The molecule has 0 bridgehead atoms. The zero-order valence-corrected chi connectivity index (χ0v) is 8.95. The van der Waals surface area contributed by atoms with Gasteiger partial charge in [0.15, 0.2) is 0 Å². The maximum absolute atomic E-state index is 13.4. The van der Waals surface area contributed by atoms with Crippen LogP contribution in [0.5, 0.6) is 0 Å². The molecule has 2 rings (SSSR count). The van der Waals surface area contributed by atoms with Gasteiger partial charge in [-0.2, -0.15) is 0 Å². The highest BCUT2D eigenvalue weighted by atomic mass is 19.1. The first-order chi connectivity index (χ1) is 8.08. The van der Waals surface area contributed by atoms with E-state index < -0.39 is 17.4 Å². The largest absolute Gasteiger partial charge is 0.287 e. The number of aryl methyl sites for hydroxylation is 1. The van der Waals surface area contributed by atoms with Gasteiger partial charge in [-0.15, -0.1) is 0 Å². The molecule has 0 saturated heterocycles. The molecule has 0 fully saturated rings. The second-order valence-electron chi connectivity index (χ2n) is 3.50. The lowest BCUT2D eigenvalue weighted by molar-refractivity contribution is 0.103. The van der Waals surface area contributed by atoms with Crippen molar-refractivity contribution in [3.05, 3.63) is 59.2 Å². The molecule has 1 aromatic carbocycles. The van der Waals surface area contributed by atoms with Crippen LogP contribution in [-0.4, -0.2) is 15.8 Å². The molecule has 0 aliphatic rings. The fraction of sp³-hybridized carbons (Fsp3) is 0.0833. The van der Waals surface area contributed by atoms with Crippen molar-refractivity contribution in [2.24, 2.45) is 0 Å². The Morgan fingerprint density at radius 1 is 1.18 bits per heavy atom. The van der Waals surface area contributed by atoms with Crippen LogP contribution in [0, 0.1) is 18.6 Å². The number of ketones is 1. The van der Waals surface area contributed by atoms with E-state index >= 15 is 0 Å². The topological polar surface area (TPSA) is 42.9 Å². The fourth-order valence-corrected chi connectivity index (χ4v) is 1.32. The van der Waals surface area contributed by atoms with E-state index in [4.69, 9.17) is 0 Å². The summed E-state index contributed by atoms with van der Waals surface area (Å²) < 4.78 is 26.0. The van der Waals surface area contributed by atoms with Crippen molar-refractivity contribution in [3.63, 3.8) is 0 Å². The van der Waals surface area contributed by atoms with Crippen LogP contribution in [0.25, 0.3) is 0 Å². The molecule has 0 aliphatic carbocycles. The third-order valence-electron chi connectivity index (χ3n) is 2.19. The number of nitrogens with zero attached hydrogens (tertiary/aromatic N) is 2. The lowest BCUT2D eigenvalue weighted by atomic mass is 10.1. The van der Waals surface area contributed by atoms with Crippen molar-refractivity contribution < 1.29 is 13.6 Å². The van der Waals surface area contributed by atoms with E-state index in [0.29, 0.717) is 11.8 Å². The average molecular weight is 234 g/mol. The Morgan fingerprint density at radius 2 is 1.94 bits per heavy atom. The first kappa shape index (κ1) is 11.3. The number of carbonyl (C=O) groups is 1. The second-order valence-corrected chi connectivity index (χ2v) is 3.50. The Bertz CT molecular complexity index is 567. The minimum atomic E-state index is -0.905. The average Bonchev–Trinajstić information content (AvgIpc) is 2.29. The molecule has 0 saturated carbocycles. The lowest BCUT2D eigenvalue weighted by Gasteiger charge is -2.02. The van der Waals surface area contributed by atoms with E-state index in [2.05, 4.69) is 9.97 Å². The molecule has 1 aromatic heterocycles. The SMILES string of the molecule is Cc1cnc(C(=O)c2ccc(F)cc2F)cn1. The predicted octanol–water partition coefficient (Wildman–Crippen LogP) is 2.29. The van der Waals surface area contributed by atoms with Crippen LogP contribution >= 0.6 is 0 Å². The number of carbonyl (C=O) groups excluding carboxylic acids is 1. The number of aromatic nitrogens is 2. The third kappa shape index (κ3) is 2.33. The van der Waals surface area contributed by atoms with E-state index in [1.165, 1.54) is 12.4 Å². The molecule has 0 N–H and O–H groups in total. The first-order valence-corrected chi connectivity index (χ1v) is 4.86. The summed E-state index contributed by atoms with van der Waals surface area (Å²) in [6, 6.07) is 2.78. The van der Waals surface area contributed by atoms with Crippen molar-refractivity contribution in [3.8, 4) is 0 Å². The molecule has 0 unspecified atom stereocenters. The summed E-state index contributed by atoms with van der Waals surface area (Å²) in [4.78, 5) is 19.6. The van der Waals surface area contributed by atoms with Gasteiger partial charge in [0.1, 0.15) is 17.3 Å². The van der Waals surface area contributed by atoms with E-state index in [0.717, 1.165) is 12.1 Å². The summed E-state index contributed by atoms with van der Waals surface area (Å²) >= 11 is 0. The Labute approximate surface area is 96.2 Å². The van der Waals surface area contributed by atoms with Gasteiger partial charge in [0.2, 0.25) is 5.78 Å². The highest BCUT2D eigenvalue weighted by Gasteiger charge is 2.15. The molecule has 1 heterocycles. The summed E-state index contributed by atoms with van der Waals surface area (Å²) in [5, 5.41) is 0. The molecule has 17 heavy (non-hydrogen) atoms. The maximum atomic E-state index is 13.4. The Morgan fingerprint density at radius 3 is 2.53 bits per heavy atom. The molecular formula is C12H8F2N2O. The fourth-order valence-electron chi connectivity index (χ4n) is 1.32. The summed E-state index contributed by atoms with van der Waals surface area (Å²) in [7, 11) is 0. The normalized spacial score (nSPS) is 10.3. The van der Waals surface area contributed by atoms with E-state index in [1.54, 1.807) is 6.92 Å². The van der Waals surface area contributed by atoms with Gasteiger partial charge in [0.05, 0.1) is 17.5 Å². The number of benzene rings is 1. The van der Waals surface area contributed by atoms with Crippen molar-refractivity contribution in [1.82, 2.24) is 9.97 Å². The van der Waals surface area contributed by atoms with E-state index in [9.17, 15) is 13.6 Å². The monoisotopic (exact) mass is 234 g/mol. The zero-order chi connectivity index (χ0) is 12.4. The van der Waals surface area contributed by atoms with Gasteiger partial charge in [-0.1, -0.05) is 0 Å². The summed E-state index contributed by atoms with van der Waals surface area (Å²) in [5.74, 6) is -2.25. The predicted molar refractivity (Wildman–Crippen MR) is 56.6 cm³/mol. The van der Waals surface area contributed by atoms with Gasteiger partial charge < -0.3 is 0 Å². The number of rotatable bonds is 2. The van der Waals surface area contributed by atoms with Crippen molar-refractivity contribution >= 4 is 5.78 Å². The Balaban J connectivity index is 2.40. The van der Waals surface area contributed by atoms with Gasteiger partial charge >= 0.3 is 0 Å². The van der Waals surface area contributed by atoms with Crippen LogP contribution in [0.3, 0.4) is 0 Å². The highest BCUT2D eigenvalue weighted by Crippen LogP contribution is 2.13. The van der Waals surface area contributed by atoms with Crippen LogP contribution < -0.4 is 0 Å². The van der Waals surface area contributed by atoms with Gasteiger partial charge in [0, 0.05) is 12.3 Å². The maximum Gasteiger partial charge on any atom is 0.215 e. The van der Waals surface area contributed by atoms with Crippen molar-refractivity contribution in [2.75, 3.05) is 0 Å². The minimum absolute atomic E-state index is 0.0288. The molecule has 2 aromatic rings. The minimum Gasteiger partial charge on any atom is -0.287 e. The summed E-state index contributed by atoms with van der Waals surface area (Å²) in [6.45, 7) is 1.72. The molecule has 0 atom stereocenters. The molecule has 0 amide bonds. The summed E-state index contributed by atoms with van der Waals surface area (Å²) in [5.41, 5.74) is 0.465. The van der Waals surface area contributed by atoms with E-state index in [-0.39, 0.29) is 11.3 Å². The molecule has 0 spiro atoms. The number of hydrogen-bond donors (Lipinski definition) is 0. The number of halogens is 2. The van der Waals surface area contributed by atoms with Crippen molar-refractivity contribution in [1.29, 1.82) is 0 Å². The van der Waals surface area contributed by atoms with Gasteiger partial charge in [-0.25, -0.2) is 13.8 Å². The Kier molecular flexibility index (Phi) is 2.91. The zero-order valence-electron chi connectivity index (χ0n) is 8.95. The standard InChI is InChI=1S/C12H8F2N2O/c1-7-5-16-11(6-15-7)12(17)9-3-2-8(13)4-10(9)14/h2-6H,1H3. The van der Waals surface area contributed by atoms with Gasteiger partial charge in [-0.3, -0.25) is 9.78 Å². The van der Waals surface area contributed by atoms with E-state index in [1.807, 2.05) is 0 Å². The third-order valence-corrected chi connectivity index (χ3v) is 2.19. The molecule has 0 aliphatic heterocycles. The second kappa shape index (κ2) is 4.37. The Hall–Kier alpha value is -2.17. The van der Waals surface area contributed by atoms with Crippen LogP contribution in [0.4, 0.5) is 8.78 Å². The molecule has 5 heteroatoms. The lowest BCUT2D eigenvalue weighted by Crippen LogP contribution is -2.07. The first-order valence-electron chi connectivity index (χ1n) is 4.86. The van der Waals surface area contributed by atoms with Crippen LogP contribution in [-0.2, 0) is 0 Å². The van der Waals surface area contributed by atoms with Crippen LogP contribution in [0.2, 0.25) is 0 Å². The van der Waals surface area contributed by atoms with Gasteiger partial charge in [-0.05, 0) is 19.1 Å². The van der Waals surface area contributed by atoms with Crippen molar-refractivity contribution in [2.45, 2.75) is 6.92 Å². The van der Waals surface area contributed by atoms with Gasteiger partial charge in [0.25, 0.3) is 0 Å². The summed E-state index contributed by atoms with van der Waals surface area (Å²) in [6.07, 6.45) is 2.68. The quantitative estimate of drug-likeness (QED) is 0.749. The molecule has 0 radical (unpaired) electrons. The molecule has 3 nitrogen and oxygen atoms in total. The highest BCUT2D eigenvalue weighted by molar-refractivity contribution is 6.07. The van der Waals surface area contributed by atoms with Crippen LogP contribution in [0.1, 0.15) is 21.7 Å². The molecule has 86 valence electrons. The molecular weight excluding hydrogens is 226 g/mol.